The van der Waals surface area contributed by atoms with Gasteiger partial charge in [-0.3, -0.25) is 10.1 Å². The number of nitrogens with one attached hydrogen (secondary N) is 2. The van der Waals surface area contributed by atoms with Crippen LogP contribution in [0.3, 0.4) is 0 Å². The lowest BCUT2D eigenvalue weighted by atomic mass is 10.1. The first kappa shape index (κ1) is 15.9. The summed E-state index contributed by atoms with van der Waals surface area (Å²) >= 11 is 0. The van der Waals surface area contributed by atoms with Gasteiger partial charge in [-0.2, -0.15) is 0 Å². The van der Waals surface area contributed by atoms with E-state index in [1.54, 1.807) is 7.05 Å². The predicted molar refractivity (Wildman–Crippen MR) is 92.7 cm³/mol. The summed E-state index contributed by atoms with van der Waals surface area (Å²) in [7, 11) is 1.68. The second-order valence-corrected chi connectivity index (χ2v) is 6.54. The first-order chi connectivity index (χ1) is 12.1. The van der Waals surface area contributed by atoms with Crippen LogP contribution in [0.5, 0.6) is 0 Å². The zero-order valence-corrected chi connectivity index (χ0v) is 14.2. The van der Waals surface area contributed by atoms with Gasteiger partial charge in [-0.15, -0.1) is 0 Å². The molecule has 0 bridgehead atoms. The molecule has 2 unspecified atom stereocenters. The molecule has 0 spiro atoms. The summed E-state index contributed by atoms with van der Waals surface area (Å²) in [6.45, 7) is 4.02. The van der Waals surface area contributed by atoms with Gasteiger partial charge in [-0.25, -0.2) is 9.79 Å². The molecule has 2 atom stereocenters. The number of rotatable bonds is 2. The fourth-order valence-corrected chi connectivity index (χ4v) is 3.59. The highest BCUT2D eigenvalue weighted by Gasteiger charge is 2.49. The van der Waals surface area contributed by atoms with Gasteiger partial charge >= 0.3 is 6.03 Å². The number of carbonyl (C=O) groups is 2. The lowest BCUT2D eigenvalue weighted by Crippen LogP contribution is -2.64. The molecule has 3 aliphatic heterocycles. The van der Waals surface area contributed by atoms with Crippen LogP contribution in [-0.4, -0.2) is 78.0 Å². The van der Waals surface area contributed by atoms with E-state index in [0.717, 1.165) is 37.7 Å². The number of likely N-dealkylation sites (N-methyl/N-ethyl adjacent to an activating group) is 1. The van der Waals surface area contributed by atoms with E-state index < -0.39 is 18.2 Å². The van der Waals surface area contributed by atoms with Crippen molar-refractivity contribution >= 4 is 17.9 Å². The number of nitrogens with zero attached hydrogens (tertiary/aromatic N) is 4. The Morgan fingerprint density at radius 2 is 1.88 bits per heavy atom. The standard InChI is InChI=1S/C17H22N6O2/c1-21-14-13(15(24)20-17(21)25)23(11-12-5-3-2-4-6-12)16(19-14)22-9-7-18-8-10-22/h2-6,13-14,18H,7-11H2,1H3,(H,20,24,25). The van der Waals surface area contributed by atoms with E-state index in [1.165, 1.54) is 4.90 Å². The molecule has 1 aromatic rings. The number of benzene rings is 1. The van der Waals surface area contributed by atoms with Crippen molar-refractivity contribution in [3.8, 4) is 0 Å². The Labute approximate surface area is 146 Å². The van der Waals surface area contributed by atoms with Crippen LogP contribution in [0.4, 0.5) is 4.79 Å². The topological polar surface area (TPSA) is 80.3 Å². The highest BCUT2D eigenvalue weighted by Crippen LogP contribution is 2.27. The number of aliphatic imine (C=N–C) groups is 1. The lowest BCUT2D eigenvalue weighted by Gasteiger charge is -2.38. The molecule has 2 fully saturated rings. The molecule has 8 heteroatoms. The third-order valence-corrected chi connectivity index (χ3v) is 4.93. The Bertz CT molecular complexity index is 700. The number of hydrogen-bond donors (Lipinski definition) is 2. The van der Waals surface area contributed by atoms with Gasteiger partial charge in [-0.05, 0) is 5.56 Å². The van der Waals surface area contributed by atoms with Gasteiger partial charge in [0.1, 0.15) is 0 Å². The van der Waals surface area contributed by atoms with E-state index in [-0.39, 0.29) is 5.91 Å². The Kier molecular flexibility index (Phi) is 4.04. The van der Waals surface area contributed by atoms with Gasteiger partial charge in [0.25, 0.3) is 5.91 Å². The van der Waals surface area contributed by atoms with E-state index in [0.29, 0.717) is 6.54 Å². The Morgan fingerprint density at radius 1 is 1.16 bits per heavy atom. The largest absolute Gasteiger partial charge is 0.340 e. The molecule has 2 saturated heterocycles. The van der Waals surface area contributed by atoms with Gasteiger partial charge in [0.15, 0.2) is 18.2 Å². The number of imide groups is 1. The Balaban J connectivity index is 1.67. The second-order valence-electron chi connectivity index (χ2n) is 6.54. The molecular weight excluding hydrogens is 320 g/mol. The van der Waals surface area contributed by atoms with Crippen molar-refractivity contribution in [2.75, 3.05) is 33.2 Å². The van der Waals surface area contributed by atoms with E-state index in [2.05, 4.69) is 15.5 Å². The average molecular weight is 342 g/mol. The van der Waals surface area contributed by atoms with Crippen LogP contribution < -0.4 is 10.6 Å². The maximum absolute atomic E-state index is 12.6. The van der Waals surface area contributed by atoms with Gasteiger partial charge in [0.05, 0.1) is 0 Å². The predicted octanol–water partition coefficient (Wildman–Crippen LogP) is -0.360. The van der Waals surface area contributed by atoms with Gasteiger partial charge < -0.3 is 20.0 Å². The molecule has 8 nitrogen and oxygen atoms in total. The molecule has 0 saturated carbocycles. The molecule has 1 aromatic carbocycles. The van der Waals surface area contributed by atoms with Gasteiger partial charge in [-0.1, -0.05) is 30.3 Å². The molecular formula is C17H22N6O2. The van der Waals surface area contributed by atoms with Crippen molar-refractivity contribution in [3.63, 3.8) is 0 Å². The molecule has 2 N–H and O–H groups in total. The fraction of sp³-hybridized carbons (Fsp3) is 0.471. The summed E-state index contributed by atoms with van der Waals surface area (Å²) in [6.07, 6.45) is -0.477. The zero-order chi connectivity index (χ0) is 17.4. The van der Waals surface area contributed by atoms with Crippen LogP contribution in [-0.2, 0) is 11.3 Å². The van der Waals surface area contributed by atoms with Crippen molar-refractivity contribution in [2.45, 2.75) is 18.8 Å². The number of fused-ring (bicyclic) bond motifs is 1. The smallest absolute Gasteiger partial charge is 0.325 e. The number of hydrogen-bond acceptors (Lipinski definition) is 6. The van der Waals surface area contributed by atoms with Crippen LogP contribution in [0.2, 0.25) is 0 Å². The summed E-state index contributed by atoms with van der Waals surface area (Å²) in [4.78, 5) is 35.1. The molecule has 3 heterocycles. The summed E-state index contributed by atoms with van der Waals surface area (Å²) in [5, 5.41) is 5.77. The number of carbonyl (C=O) groups excluding carboxylic acids is 2. The van der Waals surface area contributed by atoms with Crippen LogP contribution in [0.25, 0.3) is 0 Å². The quantitative estimate of drug-likeness (QED) is 0.767. The van der Waals surface area contributed by atoms with Crippen molar-refractivity contribution < 1.29 is 9.59 Å². The fourth-order valence-electron chi connectivity index (χ4n) is 3.59. The molecule has 4 rings (SSSR count). The monoisotopic (exact) mass is 342 g/mol. The summed E-state index contributed by atoms with van der Waals surface area (Å²) < 4.78 is 0. The number of urea groups is 1. The van der Waals surface area contributed by atoms with Gasteiger partial charge in [0, 0.05) is 39.8 Å². The van der Waals surface area contributed by atoms with Crippen LogP contribution in [0.15, 0.2) is 35.3 Å². The second kappa shape index (κ2) is 6.36. The molecule has 0 aliphatic carbocycles. The number of amides is 3. The normalized spacial score (nSPS) is 26.4. The van der Waals surface area contributed by atoms with Gasteiger partial charge in [0.2, 0.25) is 0 Å². The number of piperazine rings is 1. The maximum Gasteiger partial charge on any atom is 0.325 e. The van der Waals surface area contributed by atoms with Crippen LogP contribution in [0, 0.1) is 0 Å². The molecule has 132 valence electrons. The molecule has 25 heavy (non-hydrogen) atoms. The number of guanidine groups is 1. The van der Waals surface area contributed by atoms with Crippen molar-refractivity contribution in [3.05, 3.63) is 35.9 Å². The lowest BCUT2D eigenvalue weighted by molar-refractivity contribution is -0.127. The van der Waals surface area contributed by atoms with E-state index in [4.69, 9.17) is 4.99 Å². The zero-order valence-electron chi connectivity index (χ0n) is 14.2. The third kappa shape index (κ3) is 2.82. The highest BCUT2D eigenvalue weighted by atomic mass is 16.2. The Morgan fingerprint density at radius 3 is 2.60 bits per heavy atom. The molecule has 0 aromatic heterocycles. The minimum absolute atomic E-state index is 0.280. The minimum atomic E-state index is -0.493. The first-order valence-corrected chi connectivity index (χ1v) is 8.57. The highest BCUT2D eigenvalue weighted by molar-refractivity contribution is 6.03. The SMILES string of the molecule is CN1C(=O)NC(=O)C2C1N=C(N1CCNCC1)N2Cc1ccccc1. The van der Waals surface area contributed by atoms with E-state index in [1.807, 2.05) is 35.2 Å². The molecule has 3 aliphatic rings. The van der Waals surface area contributed by atoms with Crippen molar-refractivity contribution in [1.82, 2.24) is 25.3 Å². The average Bonchev–Trinajstić information content (AvgIpc) is 3.01. The third-order valence-electron chi connectivity index (χ3n) is 4.93. The van der Waals surface area contributed by atoms with Crippen molar-refractivity contribution in [1.29, 1.82) is 0 Å². The van der Waals surface area contributed by atoms with Crippen LogP contribution >= 0.6 is 0 Å². The Hall–Kier alpha value is -2.61. The molecule has 3 amide bonds. The molecule has 0 radical (unpaired) electrons. The summed E-state index contributed by atoms with van der Waals surface area (Å²) in [6, 6.07) is 9.14. The van der Waals surface area contributed by atoms with Crippen molar-refractivity contribution in [2.24, 2.45) is 4.99 Å². The summed E-state index contributed by atoms with van der Waals surface area (Å²) in [5.41, 5.74) is 1.11. The van der Waals surface area contributed by atoms with E-state index >= 15 is 0 Å². The minimum Gasteiger partial charge on any atom is -0.340 e. The first-order valence-electron chi connectivity index (χ1n) is 8.57. The maximum atomic E-state index is 12.6. The van der Waals surface area contributed by atoms with E-state index in [9.17, 15) is 9.59 Å². The van der Waals surface area contributed by atoms with Crippen LogP contribution in [0.1, 0.15) is 5.56 Å². The summed E-state index contributed by atoms with van der Waals surface area (Å²) in [5.74, 6) is 0.523.